The lowest BCUT2D eigenvalue weighted by molar-refractivity contribution is -0.128. The fourth-order valence-electron chi connectivity index (χ4n) is 1.88. The second-order valence-electron chi connectivity index (χ2n) is 4.24. The first-order valence-corrected chi connectivity index (χ1v) is 5.53. The molecule has 1 atom stereocenters. The predicted molar refractivity (Wildman–Crippen MR) is 61.6 cm³/mol. The molecule has 5 nitrogen and oxygen atoms in total. The number of nitrogens with zero attached hydrogens (tertiary/aromatic N) is 1. The van der Waals surface area contributed by atoms with Gasteiger partial charge in [0.1, 0.15) is 17.6 Å². The molecule has 1 heterocycles. The Morgan fingerprint density at radius 2 is 2.28 bits per heavy atom. The lowest BCUT2D eigenvalue weighted by Crippen LogP contribution is -2.40. The van der Waals surface area contributed by atoms with Crippen LogP contribution in [-0.4, -0.2) is 41.5 Å². The number of phenols is 1. The van der Waals surface area contributed by atoms with Crippen LogP contribution in [0.2, 0.25) is 0 Å². The Morgan fingerprint density at radius 3 is 2.89 bits per heavy atom. The molecule has 0 saturated carbocycles. The second-order valence-corrected chi connectivity index (χ2v) is 4.24. The molecular formula is C12H13FN2O3. The first-order chi connectivity index (χ1) is 8.49. The summed E-state index contributed by atoms with van der Waals surface area (Å²) in [5.74, 6) is -1.76. The van der Waals surface area contributed by atoms with Crippen LogP contribution in [0.3, 0.4) is 0 Å². The number of rotatable bonds is 2. The number of carbonyl (C=O) groups excluding carboxylic acids is 2. The smallest absolute Gasteiger partial charge is 0.255 e. The van der Waals surface area contributed by atoms with Gasteiger partial charge in [0, 0.05) is 13.6 Å². The van der Waals surface area contributed by atoms with Crippen LogP contribution in [0.4, 0.5) is 4.39 Å². The average Bonchev–Trinajstić information content (AvgIpc) is 2.64. The van der Waals surface area contributed by atoms with Crippen LogP contribution >= 0.6 is 0 Å². The molecule has 2 N–H and O–H groups in total. The van der Waals surface area contributed by atoms with E-state index in [0.717, 1.165) is 18.2 Å². The number of amides is 2. The number of hydrogen-bond acceptors (Lipinski definition) is 3. The lowest BCUT2D eigenvalue weighted by atomic mass is 10.1. The number of benzene rings is 1. The molecule has 18 heavy (non-hydrogen) atoms. The Hall–Kier alpha value is -2.11. The van der Waals surface area contributed by atoms with Gasteiger partial charge in [0.25, 0.3) is 5.91 Å². The average molecular weight is 252 g/mol. The normalized spacial score (nSPS) is 19.1. The van der Waals surface area contributed by atoms with E-state index in [1.165, 1.54) is 4.90 Å². The van der Waals surface area contributed by atoms with Crippen LogP contribution in [-0.2, 0) is 4.79 Å². The van der Waals surface area contributed by atoms with Crippen molar-refractivity contribution < 1.29 is 19.1 Å². The van der Waals surface area contributed by atoms with Crippen LogP contribution in [0.25, 0.3) is 0 Å². The van der Waals surface area contributed by atoms with E-state index in [1.54, 1.807) is 7.05 Å². The van der Waals surface area contributed by atoms with Crippen LogP contribution in [0.15, 0.2) is 18.2 Å². The monoisotopic (exact) mass is 252 g/mol. The highest BCUT2D eigenvalue weighted by Crippen LogP contribution is 2.18. The van der Waals surface area contributed by atoms with Gasteiger partial charge in [0.15, 0.2) is 0 Å². The van der Waals surface area contributed by atoms with E-state index in [4.69, 9.17) is 0 Å². The SMILES string of the molecule is CN1CC[C@H](NC(=O)c2cc(F)ccc2O)C1=O. The lowest BCUT2D eigenvalue weighted by Gasteiger charge is -2.12. The van der Waals surface area contributed by atoms with Gasteiger partial charge in [-0.25, -0.2) is 4.39 Å². The molecule has 1 aromatic rings. The Kier molecular flexibility index (Phi) is 3.18. The summed E-state index contributed by atoms with van der Waals surface area (Å²) >= 11 is 0. The quantitative estimate of drug-likeness (QED) is 0.805. The second kappa shape index (κ2) is 4.64. The fourth-order valence-corrected chi connectivity index (χ4v) is 1.88. The number of aromatic hydroxyl groups is 1. The van der Waals surface area contributed by atoms with E-state index < -0.39 is 17.8 Å². The highest BCUT2D eigenvalue weighted by Gasteiger charge is 2.30. The first-order valence-electron chi connectivity index (χ1n) is 5.53. The molecule has 96 valence electrons. The summed E-state index contributed by atoms with van der Waals surface area (Å²) in [6.45, 7) is 0.568. The summed E-state index contributed by atoms with van der Waals surface area (Å²) in [5, 5.41) is 12.0. The molecule has 2 amide bonds. The van der Waals surface area contributed by atoms with E-state index in [0.29, 0.717) is 13.0 Å². The van der Waals surface area contributed by atoms with Crippen LogP contribution < -0.4 is 5.32 Å². The van der Waals surface area contributed by atoms with Gasteiger partial charge in [-0.3, -0.25) is 9.59 Å². The summed E-state index contributed by atoms with van der Waals surface area (Å²) in [6.07, 6.45) is 0.511. The maximum Gasteiger partial charge on any atom is 0.255 e. The van der Waals surface area contributed by atoms with Gasteiger partial charge in [-0.2, -0.15) is 0 Å². The van der Waals surface area contributed by atoms with Crippen LogP contribution in [0, 0.1) is 5.82 Å². The molecule has 0 radical (unpaired) electrons. The minimum absolute atomic E-state index is 0.169. The fraction of sp³-hybridized carbons (Fsp3) is 0.333. The van der Waals surface area contributed by atoms with Crippen molar-refractivity contribution in [2.75, 3.05) is 13.6 Å². The van der Waals surface area contributed by atoms with Gasteiger partial charge in [0.05, 0.1) is 5.56 Å². The van der Waals surface area contributed by atoms with Crippen molar-refractivity contribution in [3.8, 4) is 5.75 Å². The number of carbonyl (C=O) groups is 2. The predicted octanol–water partition coefficient (Wildman–Crippen LogP) is 0.492. The molecule has 1 fully saturated rings. The van der Waals surface area contributed by atoms with Gasteiger partial charge in [-0.1, -0.05) is 0 Å². The summed E-state index contributed by atoms with van der Waals surface area (Å²) in [5.41, 5.74) is -0.169. The third-order valence-corrected chi connectivity index (χ3v) is 2.94. The van der Waals surface area contributed by atoms with Crippen molar-refractivity contribution in [2.45, 2.75) is 12.5 Å². The third-order valence-electron chi connectivity index (χ3n) is 2.94. The standard InChI is InChI=1S/C12H13FN2O3/c1-15-5-4-9(12(15)18)14-11(17)8-6-7(13)2-3-10(8)16/h2-3,6,9,16H,4-5H2,1H3,(H,14,17)/t9-/m0/s1. The Morgan fingerprint density at radius 1 is 1.56 bits per heavy atom. The van der Waals surface area contributed by atoms with Crippen molar-refractivity contribution in [3.05, 3.63) is 29.6 Å². The summed E-state index contributed by atoms with van der Waals surface area (Å²) in [4.78, 5) is 24.9. The largest absolute Gasteiger partial charge is 0.507 e. The Balaban J connectivity index is 2.13. The molecule has 2 rings (SSSR count). The zero-order valence-electron chi connectivity index (χ0n) is 9.81. The summed E-state index contributed by atoms with van der Waals surface area (Å²) < 4.78 is 13.0. The molecule has 1 aromatic carbocycles. The van der Waals surface area contributed by atoms with E-state index >= 15 is 0 Å². The van der Waals surface area contributed by atoms with Gasteiger partial charge < -0.3 is 15.3 Å². The molecule has 1 aliphatic rings. The van der Waals surface area contributed by atoms with Crippen molar-refractivity contribution in [2.24, 2.45) is 0 Å². The van der Waals surface area contributed by atoms with Crippen molar-refractivity contribution in [3.63, 3.8) is 0 Å². The minimum atomic E-state index is -0.652. The molecule has 0 aliphatic carbocycles. The van der Waals surface area contributed by atoms with Gasteiger partial charge in [-0.05, 0) is 24.6 Å². The van der Waals surface area contributed by atoms with Gasteiger partial charge in [0.2, 0.25) is 5.91 Å². The Bertz CT molecular complexity index is 504. The maximum absolute atomic E-state index is 13.0. The Labute approximate surface area is 103 Å². The third kappa shape index (κ3) is 2.27. The number of likely N-dealkylation sites (tertiary alicyclic amines) is 1. The van der Waals surface area contributed by atoms with Crippen LogP contribution in [0.5, 0.6) is 5.75 Å². The van der Waals surface area contributed by atoms with Crippen LogP contribution in [0.1, 0.15) is 16.8 Å². The number of hydrogen-bond donors (Lipinski definition) is 2. The maximum atomic E-state index is 13.0. The number of phenolic OH excluding ortho intramolecular Hbond substituents is 1. The van der Waals surface area contributed by atoms with Crippen molar-refractivity contribution in [1.82, 2.24) is 10.2 Å². The van der Waals surface area contributed by atoms with E-state index in [9.17, 15) is 19.1 Å². The molecule has 6 heteroatoms. The van der Waals surface area contributed by atoms with E-state index in [2.05, 4.69) is 5.32 Å². The molecular weight excluding hydrogens is 239 g/mol. The zero-order valence-corrected chi connectivity index (χ0v) is 9.81. The molecule has 0 aromatic heterocycles. The highest BCUT2D eigenvalue weighted by molar-refractivity contribution is 5.99. The van der Waals surface area contributed by atoms with E-state index in [1.807, 2.05) is 0 Å². The number of halogens is 1. The van der Waals surface area contributed by atoms with Crippen molar-refractivity contribution in [1.29, 1.82) is 0 Å². The summed E-state index contributed by atoms with van der Waals surface area (Å²) in [7, 11) is 1.65. The zero-order chi connectivity index (χ0) is 13.3. The van der Waals surface area contributed by atoms with E-state index in [-0.39, 0.29) is 17.2 Å². The molecule has 0 bridgehead atoms. The van der Waals surface area contributed by atoms with Gasteiger partial charge in [-0.15, -0.1) is 0 Å². The summed E-state index contributed by atoms with van der Waals surface area (Å²) in [6, 6.07) is 2.49. The molecule has 1 aliphatic heterocycles. The highest BCUT2D eigenvalue weighted by atomic mass is 19.1. The number of likely N-dealkylation sites (N-methyl/N-ethyl adjacent to an activating group) is 1. The molecule has 0 spiro atoms. The number of nitrogens with one attached hydrogen (secondary N) is 1. The molecule has 1 saturated heterocycles. The van der Waals surface area contributed by atoms with Crippen molar-refractivity contribution >= 4 is 11.8 Å². The van der Waals surface area contributed by atoms with Gasteiger partial charge >= 0.3 is 0 Å². The molecule has 0 unspecified atom stereocenters. The first kappa shape index (κ1) is 12.3. The topological polar surface area (TPSA) is 69.6 Å². The minimum Gasteiger partial charge on any atom is -0.507 e.